The summed E-state index contributed by atoms with van der Waals surface area (Å²) < 4.78 is 5.24. The summed E-state index contributed by atoms with van der Waals surface area (Å²) in [5, 5.41) is 10.3. The average Bonchev–Trinajstić information content (AvgIpc) is 2.38. The van der Waals surface area contributed by atoms with Crippen LogP contribution >= 0.6 is 0 Å². The number of hydrogen-bond donors (Lipinski definition) is 1. The first-order valence-electron chi connectivity index (χ1n) is 5.45. The number of aliphatic hydroxyl groups excluding tert-OH is 1. The Morgan fingerprint density at radius 3 is 2.71 bits per heavy atom. The second-order valence-electron chi connectivity index (χ2n) is 3.94. The maximum absolute atomic E-state index is 10.3. The molecule has 0 amide bonds. The molecule has 0 aliphatic rings. The van der Waals surface area contributed by atoms with Crippen molar-refractivity contribution in [1.82, 2.24) is 4.98 Å². The van der Waals surface area contributed by atoms with Gasteiger partial charge in [0.1, 0.15) is 11.9 Å². The zero-order valence-electron chi connectivity index (χ0n) is 9.92. The average molecular weight is 229 g/mol. The van der Waals surface area contributed by atoms with Crippen LogP contribution in [0.4, 0.5) is 0 Å². The van der Waals surface area contributed by atoms with E-state index in [-0.39, 0.29) is 0 Å². The summed E-state index contributed by atoms with van der Waals surface area (Å²) >= 11 is 0. The van der Waals surface area contributed by atoms with Gasteiger partial charge < -0.3 is 9.84 Å². The fourth-order valence-corrected chi connectivity index (χ4v) is 1.80. The topological polar surface area (TPSA) is 42.4 Å². The summed E-state index contributed by atoms with van der Waals surface area (Å²) in [6.45, 7) is 1.95. The molecule has 3 heteroatoms. The van der Waals surface area contributed by atoms with Gasteiger partial charge in [-0.3, -0.25) is 4.98 Å². The zero-order chi connectivity index (χ0) is 12.3. The number of para-hydroxylation sites is 1. The standard InChI is InChI=1S/C14H15NO2/c1-10-7-11(9-15-8-10)14(16)12-5-3-4-6-13(12)17-2/h3-9,14,16H,1-2H3. The molecule has 1 aromatic heterocycles. The summed E-state index contributed by atoms with van der Waals surface area (Å²) in [4.78, 5) is 4.09. The third-order valence-corrected chi connectivity index (χ3v) is 2.65. The van der Waals surface area contributed by atoms with Crippen molar-refractivity contribution in [3.8, 4) is 5.75 Å². The number of rotatable bonds is 3. The summed E-state index contributed by atoms with van der Waals surface area (Å²) in [5.41, 5.74) is 2.55. The summed E-state index contributed by atoms with van der Waals surface area (Å²) in [6.07, 6.45) is 2.72. The Morgan fingerprint density at radius 2 is 2.00 bits per heavy atom. The Labute approximate surface area is 101 Å². The molecule has 0 aliphatic carbocycles. The summed E-state index contributed by atoms with van der Waals surface area (Å²) in [6, 6.07) is 9.37. The molecule has 2 rings (SSSR count). The molecule has 0 radical (unpaired) electrons. The number of methoxy groups -OCH3 is 1. The van der Waals surface area contributed by atoms with E-state index in [1.807, 2.05) is 37.3 Å². The highest BCUT2D eigenvalue weighted by Crippen LogP contribution is 2.29. The van der Waals surface area contributed by atoms with Crippen molar-refractivity contribution in [2.75, 3.05) is 7.11 Å². The van der Waals surface area contributed by atoms with E-state index in [9.17, 15) is 5.11 Å². The summed E-state index contributed by atoms with van der Waals surface area (Å²) in [7, 11) is 1.60. The molecule has 1 atom stereocenters. The molecule has 2 aromatic rings. The molecular weight excluding hydrogens is 214 g/mol. The number of aliphatic hydroxyl groups is 1. The minimum atomic E-state index is -0.710. The first-order chi connectivity index (χ1) is 8.22. The first kappa shape index (κ1) is 11.6. The van der Waals surface area contributed by atoms with Crippen LogP contribution in [0.2, 0.25) is 0 Å². The van der Waals surface area contributed by atoms with Crippen molar-refractivity contribution in [1.29, 1.82) is 0 Å². The molecule has 0 saturated carbocycles. The Kier molecular flexibility index (Phi) is 3.40. The van der Waals surface area contributed by atoms with E-state index in [1.165, 1.54) is 0 Å². The molecule has 1 aromatic carbocycles. The van der Waals surface area contributed by atoms with Crippen LogP contribution in [-0.4, -0.2) is 17.2 Å². The number of nitrogens with zero attached hydrogens (tertiary/aromatic N) is 1. The molecular formula is C14H15NO2. The molecule has 1 unspecified atom stereocenters. The van der Waals surface area contributed by atoms with Crippen LogP contribution in [0.5, 0.6) is 5.75 Å². The van der Waals surface area contributed by atoms with E-state index in [0.29, 0.717) is 5.75 Å². The van der Waals surface area contributed by atoms with Gasteiger partial charge in [0.2, 0.25) is 0 Å². The van der Waals surface area contributed by atoms with Gasteiger partial charge in [-0.2, -0.15) is 0 Å². The maximum Gasteiger partial charge on any atom is 0.125 e. The lowest BCUT2D eigenvalue weighted by Gasteiger charge is -2.14. The Morgan fingerprint density at radius 1 is 1.24 bits per heavy atom. The van der Waals surface area contributed by atoms with Crippen molar-refractivity contribution in [2.24, 2.45) is 0 Å². The smallest absolute Gasteiger partial charge is 0.125 e. The van der Waals surface area contributed by atoms with Crippen molar-refractivity contribution < 1.29 is 9.84 Å². The minimum absolute atomic E-state index is 0.682. The van der Waals surface area contributed by atoms with Crippen molar-refractivity contribution in [3.63, 3.8) is 0 Å². The molecule has 17 heavy (non-hydrogen) atoms. The fraction of sp³-hybridized carbons (Fsp3) is 0.214. The number of ether oxygens (including phenoxy) is 1. The fourth-order valence-electron chi connectivity index (χ4n) is 1.80. The maximum atomic E-state index is 10.3. The monoisotopic (exact) mass is 229 g/mol. The largest absolute Gasteiger partial charge is 0.496 e. The lowest BCUT2D eigenvalue weighted by molar-refractivity contribution is 0.214. The highest BCUT2D eigenvalue weighted by atomic mass is 16.5. The van der Waals surface area contributed by atoms with Crippen molar-refractivity contribution in [3.05, 3.63) is 59.4 Å². The lowest BCUT2D eigenvalue weighted by Crippen LogP contribution is -2.03. The molecule has 1 heterocycles. The van der Waals surface area contributed by atoms with Crippen LogP contribution in [0.1, 0.15) is 22.8 Å². The molecule has 1 N–H and O–H groups in total. The Balaban J connectivity index is 2.40. The predicted octanol–water partition coefficient (Wildman–Crippen LogP) is 2.48. The van der Waals surface area contributed by atoms with E-state index in [1.54, 1.807) is 19.5 Å². The lowest BCUT2D eigenvalue weighted by atomic mass is 10.0. The van der Waals surface area contributed by atoms with E-state index >= 15 is 0 Å². The minimum Gasteiger partial charge on any atom is -0.496 e. The second-order valence-corrected chi connectivity index (χ2v) is 3.94. The number of benzene rings is 1. The van der Waals surface area contributed by atoms with Crippen LogP contribution in [0, 0.1) is 6.92 Å². The molecule has 0 bridgehead atoms. The van der Waals surface area contributed by atoms with Gasteiger partial charge in [0.05, 0.1) is 7.11 Å². The Hall–Kier alpha value is -1.87. The van der Waals surface area contributed by atoms with Crippen molar-refractivity contribution in [2.45, 2.75) is 13.0 Å². The number of hydrogen-bond acceptors (Lipinski definition) is 3. The summed E-state index contributed by atoms with van der Waals surface area (Å²) in [5.74, 6) is 0.682. The van der Waals surface area contributed by atoms with E-state index < -0.39 is 6.10 Å². The van der Waals surface area contributed by atoms with Crippen LogP contribution in [0.25, 0.3) is 0 Å². The predicted molar refractivity (Wildman–Crippen MR) is 66.0 cm³/mol. The zero-order valence-corrected chi connectivity index (χ0v) is 9.92. The highest BCUT2D eigenvalue weighted by molar-refractivity contribution is 5.40. The third-order valence-electron chi connectivity index (χ3n) is 2.65. The van der Waals surface area contributed by atoms with Gasteiger partial charge in [-0.15, -0.1) is 0 Å². The van der Waals surface area contributed by atoms with Gasteiger partial charge in [-0.25, -0.2) is 0 Å². The van der Waals surface area contributed by atoms with Crippen LogP contribution in [-0.2, 0) is 0 Å². The molecule has 3 nitrogen and oxygen atoms in total. The first-order valence-corrected chi connectivity index (χ1v) is 5.45. The molecule has 0 saturated heterocycles. The quantitative estimate of drug-likeness (QED) is 0.879. The van der Waals surface area contributed by atoms with Crippen LogP contribution < -0.4 is 4.74 Å². The van der Waals surface area contributed by atoms with Gasteiger partial charge in [0, 0.05) is 23.5 Å². The number of aromatic nitrogens is 1. The normalized spacial score (nSPS) is 12.2. The van der Waals surface area contributed by atoms with Gasteiger partial charge in [0.15, 0.2) is 0 Å². The van der Waals surface area contributed by atoms with Gasteiger partial charge >= 0.3 is 0 Å². The second kappa shape index (κ2) is 4.97. The van der Waals surface area contributed by atoms with Gasteiger partial charge in [-0.05, 0) is 18.6 Å². The van der Waals surface area contributed by atoms with Crippen LogP contribution in [0.15, 0.2) is 42.7 Å². The number of pyridine rings is 1. The van der Waals surface area contributed by atoms with Gasteiger partial charge in [-0.1, -0.05) is 24.3 Å². The van der Waals surface area contributed by atoms with E-state index in [0.717, 1.165) is 16.7 Å². The van der Waals surface area contributed by atoms with Crippen molar-refractivity contribution >= 4 is 0 Å². The highest BCUT2D eigenvalue weighted by Gasteiger charge is 2.15. The van der Waals surface area contributed by atoms with Crippen LogP contribution in [0.3, 0.4) is 0 Å². The number of aryl methyl sites for hydroxylation is 1. The van der Waals surface area contributed by atoms with E-state index in [2.05, 4.69) is 4.98 Å². The third kappa shape index (κ3) is 2.45. The Bertz CT molecular complexity index is 511. The van der Waals surface area contributed by atoms with Gasteiger partial charge in [0.25, 0.3) is 0 Å². The van der Waals surface area contributed by atoms with E-state index in [4.69, 9.17) is 4.74 Å². The molecule has 0 aliphatic heterocycles. The molecule has 88 valence electrons. The molecule has 0 spiro atoms. The molecule has 0 fully saturated rings. The SMILES string of the molecule is COc1ccccc1C(O)c1cncc(C)c1.